The summed E-state index contributed by atoms with van der Waals surface area (Å²) in [5.41, 5.74) is 1.95. The number of aromatic nitrogens is 1. The zero-order chi connectivity index (χ0) is 24.8. The van der Waals surface area contributed by atoms with Crippen molar-refractivity contribution >= 4 is 32.2 Å². The first kappa shape index (κ1) is 27.0. The monoisotopic (exact) mass is 519 g/mol. The fraction of sp³-hybridized carbons (Fsp3) is 0.250. The fourth-order valence-corrected chi connectivity index (χ4v) is 4.02. The molecule has 0 radical (unpaired) electrons. The van der Waals surface area contributed by atoms with Crippen LogP contribution in [0, 0.1) is 0 Å². The summed E-state index contributed by atoms with van der Waals surface area (Å²) in [6, 6.07) is 17.7. The molecule has 11 nitrogen and oxygen atoms in total. The molecule has 36 heavy (non-hydrogen) atoms. The molecule has 4 aromatic rings. The zero-order valence-electron chi connectivity index (χ0n) is 19.9. The van der Waals surface area contributed by atoms with Crippen LogP contribution in [0.1, 0.15) is 0 Å². The molecule has 0 aliphatic rings. The second kappa shape index (κ2) is 11.9. The van der Waals surface area contributed by atoms with Gasteiger partial charge in [0.25, 0.3) is 0 Å². The van der Waals surface area contributed by atoms with Crippen molar-refractivity contribution in [2.24, 2.45) is 0 Å². The van der Waals surface area contributed by atoms with Crippen LogP contribution in [0.15, 0.2) is 60.7 Å². The lowest BCUT2D eigenvalue weighted by atomic mass is 10.1. The van der Waals surface area contributed by atoms with E-state index in [-0.39, 0.29) is 37.4 Å². The summed E-state index contributed by atoms with van der Waals surface area (Å²) in [7, 11) is -3.22. The van der Waals surface area contributed by atoms with Crippen LogP contribution < -0.4 is 35.0 Å². The van der Waals surface area contributed by atoms with Crippen LogP contribution in [0.25, 0.3) is 21.8 Å². The summed E-state index contributed by atoms with van der Waals surface area (Å²) in [6.45, 7) is 0.683. The zero-order valence-corrected chi connectivity index (χ0v) is 20.7. The number of methoxy groups -OCH3 is 1. The average Bonchev–Trinajstić information content (AvgIpc) is 3.21. The minimum absolute atomic E-state index is 0. The highest BCUT2D eigenvalue weighted by atomic mass is 32.3. The van der Waals surface area contributed by atoms with Gasteiger partial charge in [-0.15, -0.1) is 0 Å². The second-order valence-corrected chi connectivity index (χ2v) is 8.68. The van der Waals surface area contributed by atoms with Gasteiger partial charge in [-0.05, 0) is 36.9 Å². The standard InChI is InChI=1S/C24H25N2O8S.H3N/c1-31-21-10-9-17(34-35(28,29)30)13-23(21)32-12-11-25-14-16(27)15-33-22-8-4-7-20-24(22)18-5-2-3-6-19(18)26-20;/h2-10,13,16,25-26H,11-12,14-15H2,1H3,(H,28,29,30);1H3/q-1;/p+1. The summed E-state index contributed by atoms with van der Waals surface area (Å²) < 4.78 is 51.6. The first-order chi connectivity index (χ1) is 16.8. The molecular formula is C24H29N3O8S. The molecule has 1 aromatic heterocycles. The van der Waals surface area contributed by atoms with E-state index in [1.807, 2.05) is 42.5 Å². The maximum absolute atomic E-state index is 12.4. The number of para-hydroxylation sites is 1. The van der Waals surface area contributed by atoms with E-state index in [1.165, 1.54) is 25.3 Å². The van der Waals surface area contributed by atoms with Crippen molar-refractivity contribution in [3.05, 3.63) is 60.7 Å². The minimum Gasteiger partial charge on any atom is -0.849 e. The molecule has 1 atom stereocenters. The summed E-state index contributed by atoms with van der Waals surface area (Å²) in [5, 5.41) is 17.4. The highest BCUT2D eigenvalue weighted by Crippen LogP contribution is 2.33. The van der Waals surface area contributed by atoms with Crippen LogP contribution >= 0.6 is 0 Å². The van der Waals surface area contributed by atoms with Gasteiger partial charge in [-0.25, -0.2) is 0 Å². The number of H-pyrrole nitrogens is 1. The number of fused-ring (bicyclic) bond motifs is 3. The summed E-state index contributed by atoms with van der Waals surface area (Å²) in [4.78, 5) is 3.35. The normalized spacial score (nSPS) is 12.2. The largest absolute Gasteiger partial charge is 0.849 e. The number of ether oxygens (including phenoxy) is 3. The molecule has 0 spiro atoms. The molecule has 7 N–H and O–H groups in total. The van der Waals surface area contributed by atoms with Crippen molar-refractivity contribution in [2.75, 3.05) is 33.4 Å². The van der Waals surface area contributed by atoms with E-state index in [1.54, 1.807) is 0 Å². The lowest BCUT2D eigenvalue weighted by Crippen LogP contribution is -2.42. The van der Waals surface area contributed by atoms with E-state index in [0.29, 0.717) is 18.0 Å². The molecule has 3 aromatic carbocycles. The third-order valence-electron chi connectivity index (χ3n) is 5.16. The number of nitrogens with one attached hydrogen (secondary N) is 2. The summed E-state index contributed by atoms with van der Waals surface area (Å²) in [6.07, 6.45) is -1.00. The molecule has 1 heterocycles. The molecule has 4 rings (SSSR count). The molecule has 0 saturated heterocycles. The predicted octanol–water partition coefficient (Wildman–Crippen LogP) is 2.66. The molecule has 0 saturated carbocycles. The average molecular weight is 520 g/mol. The van der Waals surface area contributed by atoms with Crippen molar-refractivity contribution < 1.29 is 36.5 Å². The maximum atomic E-state index is 12.4. The highest BCUT2D eigenvalue weighted by molar-refractivity contribution is 7.81. The SMILES string of the molecule is COc1ccc(OS(=O)(=O)O)cc1OCCNCC([O-])COc1cccc2[nH]c3ccccc3c12.[NH4+]. The van der Waals surface area contributed by atoms with Crippen molar-refractivity contribution in [1.29, 1.82) is 0 Å². The molecule has 0 amide bonds. The van der Waals surface area contributed by atoms with Gasteiger partial charge in [-0.2, -0.15) is 8.42 Å². The number of aromatic amines is 1. The van der Waals surface area contributed by atoms with Gasteiger partial charge in [0.1, 0.15) is 18.1 Å². The van der Waals surface area contributed by atoms with E-state index in [4.69, 9.17) is 18.8 Å². The fourth-order valence-electron chi connectivity index (χ4n) is 3.67. The Morgan fingerprint density at radius 1 is 1.00 bits per heavy atom. The first-order valence-electron chi connectivity index (χ1n) is 10.8. The summed E-state index contributed by atoms with van der Waals surface area (Å²) in [5.74, 6) is 1.11. The lowest BCUT2D eigenvalue weighted by molar-refractivity contribution is -0.421. The minimum atomic E-state index is -4.65. The van der Waals surface area contributed by atoms with Crippen molar-refractivity contribution in [1.82, 2.24) is 16.5 Å². The Morgan fingerprint density at radius 3 is 2.56 bits per heavy atom. The second-order valence-electron chi connectivity index (χ2n) is 7.66. The molecular weight excluding hydrogens is 490 g/mol. The molecule has 1 unspecified atom stereocenters. The summed E-state index contributed by atoms with van der Waals surface area (Å²) >= 11 is 0. The van der Waals surface area contributed by atoms with Crippen LogP contribution in [0.5, 0.6) is 23.0 Å². The Hall–Kier alpha value is -3.55. The van der Waals surface area contributed by atoms with Crippen LogP contribution in [-0.2, 0) is 10.4 Å². The van der Waals surface area contributed by atoms with E-state index >= 15 is 0 Å². The van der Waals surface area contributed by atoms with Crippen LogP contribution in [-0.4, -0.2) is 57.5 Å². The third kappa shape index (κ3) is 6.77. The Kier molecular flexibility index (Phi) is 8.96. The molecule has 194 valence electrons. The Labute approximate surface area is 208 Å². The number of rotatable bonds is 12. The van der Waals surface area contributed by atoms with Gasteiger partial charge in [0.05, 0.1) is 19.2 Å². The van der Waals surface area contributed by atoms with E-state index in [2.05, 4.69) is 14.5 Å². The van der Waals surface area contributed by atoms with Gasteiger partial charge >= 0.3 is 10.4 Å². The van der Waals surface area contributed by atoms with Gasteiger partial charge in [-0.3, -0.25) is 4.55 Å². The quantitative estimate of drug-likeness (QED) is 0.162. The number of hydrogen-bond donors (Lipinski definition) is 4. The van der Waals surface area contributed by atoms with Crippen LogP contribution in [0.3, 0.4) is 0 Å². The van der Waals surface area contributed by atoms with Gasteiger partial charge in [-0.1, -0.05) is 30.4 Å². The van der Waals surface area contributed by atoms with Gasteiger partial charge in [0.15, 0.2) is 11.5 Å². The van der Waals surface area contributed by atoms with Crippen molar-refractivity contribution in [3.8, 4) is 23.0 Å². The van der Waals surface area contributed by atoms with Crippen molar-refractivity contribution in [3.63, 3.8) is 0 Å². The highest BCUT2D eigenvalue weighted by Gasteiger charge is 2.12. The van der Waals surface area contributed by atoms with Crippen molar-refractivity contribution in [2.45, 2.75) is 6.10 Å². The molecule has 0 bridgehead atoms. The number of benzene rings is 3. The number of quaternary nitrogens is 1. The number of hydrogen-bond acceptors (Lipinski definition) is 8. The molecule has 0 fully saturated rings. The first-order valence-corrected chi connectivity index (χ1v) is 12.2. The molecule has 0 aliphatic carbocycles. The van der Waals surface area contributed by atoms with E-state index < -0.39 is 16.5 Å². The lowest BCUT2D eigenvalue weighted by Gasteiger charge is -2.23. The molecule has 0 aliphatic heterocycles. The van der Waals surface area contributed by atoms with Crippen LogP contribution in [0.2, 0.25) is 0 Å². The molecule has 12 heteroatoms. The Bertz CT molecular complexity index is 1410. The van der Waals surface area contributed by atoms with E-state index in [0.717, 1.165) is 21.8 Å². The topological polar surface area (TPSA) is 179 Å². The van der Waals surface area contributed by atoms with Crippen LogP contribution in [0.4, 0.5) is 0 Å². The van der Waals surface area contributed by atoms with Gasteiger partial charge < -0.3 is 40.0 Å². The predicted molar refractivity (Wildman–Crippen MR) is 135 cm³/mol. The van der Waals surface area contributed by atoms with Gasteiger partial charge in [0, 0.05) is 28.9 Å². The third-order valence-corrected chi connectivity index (χ3v) is 5.56. The van der Waals surface area contributed by atoms with E-state index in [9.17, 15) is 13.5 Å². The Morgan fingerprint density at radius 2 is 1.78 bits per heavy atom. The maximum Gasteiger partial charge on any atom is 0.446 e. The smallest absolute Gasteiger partial charge is 0.446 e. The Balaban J connectivity index is 0.00000361. The van der Waals surface area contributed by atoms with Gasteiger partial charge in [0.2, 0.25) is 0 Å².